The third-order valence-corrected chi connectivity index (χ3v) is 2.26. The van der Waals surface area contributed by atoms with Crippen molar-refractivity contribution < 1.29 is 9.84 Å². The van der Waals surface area contributed by atoms with Crippen LogP contribution in [0.3, 0.4) is 0 Å². The van der Waals surface area contributed by atoms with Crippen LogP contribution in [0.4, 0.5) is 0 Å². The number of aliphatic hydroxyl groups is 1. The van der Waals surface area contributed by atoms with Gasteiger partial charge in [0, 0.05) is 19.7 Å². The van der Waals surface area contributed by atoms with Crippen molar-refractivity contribution in [3.63, 3.8) is 0 Å². The molecule has 0 bridgehead atoms. The zero-order valence-corrected chi connectivity index (χ0v) is 9.36. The first-order valence-electron chi connectivity index (χ1n) is 5.17. The fourth-order valence-electron chi connectivity index (χ4n) is 1.28. The number of benzene rings is 1. The van der Waals surface area contributed by atoms with Gasteiger partial charge in [-0.1, -0.05) is 24.3 Å². The van der Waals surface area contributed by atoms with Crippen molar-refractivity contribution in [1.82, 2.24) is 5.32 Å². The molecule has 2 N–H and O–H groups in total. The Labute approximate surface area is 91.1 Å². The van der Waals surface area contributed by atoms with Gasteiger partial charge < -0.3 is 15.2 Å². The average molecular weight is 209 g/mol. The maximum absolute atomic E-state index is 8.85. The molecule has 1 atom stereocenters. The Hall–Kier alpha value is -0.900. The second kappa shape index (κ2) is 6.56. The quantitative estimate of drug-likeness (QED) is 0.742. The molecule has 0 amide bonds. The molecule has 1 aromatic rings. The van der Waals surface area contributed by atoms with Gasteiger partial charge in [0.1, 0.15) is 0 Å². The van der Waals surface area contributed by atoms with Crippen LogP contribution < -0.4 is 5.32 Å². The van der Waals surface area contributed by atoms with Gasteiger partial charge in [-0.3, -0.25) is 0 Å². The Morgan fingerprint density at radius 1 is 1.27 bits per heavy atom. The normalized spacial score (nSPS) is 12.7. The Kier molecular flexibility index (Phi) is 5.32. The van der Waals surface area contributed by atoms with Crippen LogP contribution in [0, 0.1) is 0 Å². The van der Waals surface area contributed by atoms with E-state index in [-0.39, 0.29) is 12.6 Å². The highest BCUT2D eigenvalue weighted by Crippen LogP contribution is 2.05. The van der Waals surface area contributed by atoms with Gasteiger partial charge >= 0.3 is 0 Å². The van der Waals surface area contributed by atoms with Gasteiger partial charge in [0.15, 0.2) is 0 Å². The number of nitrogens with one attached hydrogen (secondary N) is 1. The lowest BCUT2D eigenvalue weighted by Gasteiger charge is -2.10. The Balaban J connectivity index is 2.42. The molecule has 84 valence electrons. The van der Waals surface area contributed by atoms with Crippen LogP contribution in [0.15, 0.2) is 24.3 Å². The smallest absolute Gasteiger partial charge is 0.0713 e. The van der Waals surface area contributed by atoms with E-state index in [1.807, 2.05) is 6.92 Å². The van der Waals surface area contributed by atoms with E-state index in [9.17, 15) is 0 Å². The van der Waals surface area contributed by atoms with E-state index in [1.54, 1.807) is 7.11 Å². The van der Waals surface area contributed by atoms with Crippen LogP contribution in [-0.4, -0.2) is 24.9 Å². The van der Waals surface area contributed by atoms with Crippen molar-refractivity contribution >= 4 is 0 Å². The average Bonchev–Trinajstić information content (AvgIpc) is 2.28. The summed E-state index contributed by atoms with van der Waals surface area (Å²) >= 11 is 0. The van der Waals surface area contributed by atoms with Crippen molar-refractivity contribution in [2.45, 2.75) is 26.1 Å². The summed E-state index contributed by atoms with van der Waals surface area (Å²) in [6.45, 7) is 3.57. The number of methoxy groups -OCH3 is 1. The van der Waals surface area contributed by atoms with E-state index < -0.39 is 0 Å². The van der Waals surface area contributed by atoms with E-state index in [2.05, 4.69) is 29.6 Å². The summed E-state index contributed by atoms with van der Waals surface area (Å²) in [5.74, 6) is 0. The topological polar surface area (TPSA) is 41.5 Å². The maximum Gasteiger partial charge on any atom is 0.0713 e. The fraction of sp³-hybridized carbons (Fsp3) is 0.500. The second-order valence-corrected chi connectivity index (χ2v) is 3.71. The lowest BCUT2D eigenvalue weighted by atomic mass is 10.1. The Morgan fingerprint density at radius 3 is 2.40 bits per heavy atom. The molecule has 0 unspecified atom stereocenters. The molecule has 3 nitrogen and oxygen atoms in total. The first-order chi connectivity index (χ1) is 7.26. The standard InChI is InChI=1S/C12H19NO2/c1-10(8-14)13-7-11-3-5-12(6-4-11)9-15-2/h3-6,10,13-14H,7-9H2,1-2H3/t10-/m1/s1. The molecular formula is C12H19NO2. The molecule has 0 fully saturated rings. The van der Waals surface area contributed by atoms with Crippen LogP contribution in [0.2, 0.25) is 0 Å². The lowest BCUT2D eigenvalue weighted by molar-refractivity contribution is 0.185. The molecule has 0 aliphatic heterocycles. The van der Waals surface area contributed by atoms with E-state index >= 15 is 0 Å². The van der Waals surface area contributed by atoms with Gasteiger partial charge in [-0.2, -0.15) is 0 Å². The molecule has 0 aliphatic carbocycles. The molecule has 0 aliphatic rings. The largest absolute Gasteiger partial charge is 0.395 e. The van der Waals surface area contributed by atoms with E-state index in [4.69, 9.17) is 9.84 Å². The van der Waals surface area contributed by atoms with Crippen LogP contribution in [0.25, 0.3) is 0 Å². The number of ether oxygens (including phenoxy) is 1. The van der Waals surface area contributed by atoms with E-state index in [0.29, 0.717) is 6.61 Å². The predicted octanol–water partition coefficient (Wildman–Crippen LogP) is 1.30. The second-order valence-electron chi connectivity index (χ2n) is 3.71. The Morgan fingerprint density at radius 2 is 1.87 bits per heavy atom. The first-order valence-corrected chi connectivity index (χ1v) is 5.17. The van der Waals surface area contributed by atoms with Crippen LogP contribution in [-0.2, 0) is 17.9 Å². The van der Waals surface area contributed by atoms with Crippen molar-refractivity contribution in [1.29, 1.82) is 0 Å². The zero-order valence-electron chi connectivity index (χ0n) is 9.36. The van der Waals surface area contributed by atoms with Gasteiger partial charge in [0.05, 0.1) is 13.2 Å². The van der Waals surface area contributed by atoms with Gasteiger partial charge in [-0.25, -0.2) is 0 Å². The highest BCUT2D eigenvalue weighted by molar-refractivity contribution is 5.21. The maximum atomic E-state index is 8.85. The highest BCUT2D eigenvalue weighted by atomic mass is 16.5. The minimum Gasteiger partial charge on any atom is -0.395 e. The summed E-state index contributed by atoms with van der Waals surface area (Å²) in [6, 6.07) is 8.41. The Bertz CT molecular complexity index is 271. The summed E-state index contributed by atoms with van der Waals surface area (Å²) in [4.78, 5) is 0. The molecule has 1 rings (SSSR count). The molecule has 15 heavy (non-hydrogen) atoms. The summed E-state index contributed by atoms with van der Waals surface area (Å²) < 4.78 is 5.03. The van der Waals surface area contributed by atoms with Crippen molar-refractivity contribution in [2.75, 3.05) is 13.7 Å². The summed E-state index contributed by atoms with van der Waals surface area (Å²) in [6.07, 6.45) is 0. The summed E-state index contributed by atoms with van der Waals surface area (Å²) in [5.41, 5.74) is 2.40. The third-order valence-electron chi connectivity index (χ3n) is 2.26. The fourth-order valence-corrected chi connectivity index (χ4v) is 1.28. The van der Waals surface area contributed by atoms with Crippen molar-refractivity contribution in [2.24, 2.45) is 0 Å². The molecule has 0 radical (unpaired) electrons. The number of aliphatic hydroxyl groups excluding tert-OH is 1. The van der Waals surface area contributed by atoms with Gasteiger partial charge in [-0.05, 0) is 18.1 Å². The summed E-state index contributed by atoms with van der Waals surface area (Å²) in [5, 5.41) is 12.1. The minimum absolute atomic E-state index is 0.142. The molecule has 1 aromatic carbocycles. The number of hydrogen-bond acceptors (Lipinski definition) is 3. The van der Waals surface area contributed by atoms with E-state index in [0.717, 1.165) is 6.54 Å². The van der Waals surface area contributed by atoms with Crippen LogP contribution in [0.5, 0.6) is 0 Å². The SMILES string of the molecule is COCc1ccc(CN[C@H](C)CO)cc1. The first kappa shape index (κ1) is 12.2. The van der Waals surface area contributed by atoms with Gasteiger partial charge in [-0.15, -0.1) is 0 Å². The highest BCUT2D eigenvalue weighted by Gasteiger charge is 1.99. The molecule has 3 heteroatoms. The zero-order chi connectivity index (χ0) is 11.1. The van der Waals surface area contributed by atoms with Crippen molar-refractivity contribution in [3.8, 4) is 0 Å². The monoisotopic (exact) mass is 209 g/mol. The predicted molar refractivity (Wildman–Crippen MR) is 60.5 cm³/mol. The number of hydrogen-bond donors (Lipinski definition) is 2. The van der Waals surface area contributed by atoms with Crippen molar-refractivity contribution in [3.05, 3.63) is 35.4 Å². The van der Waals surface area contributed by atoms with Gasteiger partial charge in [0.2, 0.25) is 0 Å². The van der Waals surface area contributed by atoms with Crippen LogP contribution in [0.1, 0.15) is 18.1 Å². The molecule has 0 spiro atoms. The van der Waals surface area contributed by atoms with E-state index in [1.165, 1.54) is 11.1 Å². The summed E-state index contributed by atoms with van der Waals surface area (Å²) in [7, 11) is 1.69. The lowest BCUT2D eigenvalue weighted by Crippen LogP contribution is -2.28. The molecule has 0 saturated heterocycles. The molecule has 0 aromatic heterocycles. The third kappa shape index (κ3) is 4.42. The molecular weight excluding hydrogens is 190 g/mol. The van der Waals surface area contributed by atoms with Gasteiger partial charge in [0.25, 0.3) is 0 Å². The minimum atomic E-state index is 0.142. The van der Waals surface area contributed by atoms with Crippen LogP contribution >= 0.6 is 0 Å². The molecule has 0 saturated carbocycles. The number of rotatable bonds is 6. The molecule has 0 heterocycles.